The molecule has 2 N–H and O–H groups in total. The maximum absolute atomic E-state index is 12.5. The van der Waals surface area contributed by atoms with Crippen LogP contribution in [0.15, 0.2) is 60.0 Å². The molecular weight excluding hydrogens is 410 g/mol. The van der Waals surface area contributed by atoms with E-state index in [4.69, 9.17) is 16.3 Å². The molecule has 0 bridgehead atoms. The summed E-state index contributed by atoms with van der Waals surface area (Å²) in [6, 6.07) is 17.1. The maximum atomic E-state index is 12.5. The van der Waals surface area contributed by atoms with E-state index in [2.05, 4.69) is 17.4 Å². The topological polar surface area (TPSA) is 75.6 Å². The van der Waals surface area contributed by atoms with E-state index in [1.165, 1.54) is 11.3 Å². The normalized spacial score (nSPS) is 13.4. The predicted octanol–water partition coefficient (Wildman–Crippen LogP) is 5.46. The number of hydrogen-bond donors (Lipinski definition) is 2. The number of benzene rings is 2. The molecule has 1 amide bonds. The Bertz CT molecular complexity index is 1020. The molecule has 1 heterocycles. The van der Waals surface area contributed by atoms with Crippen molar-refractivity contribution < 1.29 is 19.4 Å². The first-order valence-corrected chi connectivity index (χ1v) is 10.4. The summed E-state index contributed by atoms with van der Waals surface area (Å²) >= 11 is 7.42. The second kappa shape index (κ2) is 8.27. The Kier molecular flexibility index (Phi) is 5.56. The molecule has 1 aliphatic carbocycles. The number of hydrogen-bond acceptors (Lipinski definition) is 4. The van der Waals surface area contributed by atoms with Crippen LogP contribution in [0, 0.1) is 0 Å². The number of nitrogens with one attached hydrogen (secondary N) is 1. The van der Waals surface area contributed by atoms with Gasteiger partial charge in [-0.15, -0.1) is 11.3 Å². The van der Waals surface area contributed by atoms with Crippen LogP contribution in [0.4, 0.5) is 4.79 Å². The average molecular weight is 428 g/mol. The summed E-state index contributed by atoms with van der Waals surface area (Å²) in [4.78, 5) is 24.3. The molecule has 2 aromatic carbocycles. The van der Waals surface area contributed by atoms with Gasteiger partial charge in [-0.3, -0.25) is 4.79 Å². The number of carbonyl (C=O) groups excluding carboxylic acids is 1. The summed E-state index contributed by atoms with van der Waals surface area (Å²) in [5, 5.41) is 14.0. The highest BCUT2D eigenvalue weighted by atomic mass is 35.5. The van der Waals surface area contributed by atoms with Crippen LogP contribution in [-0.2, 0) is 9.53 Å². The van der Waals surface area contributed by atoms with Crippen LogP contribution in [0.5, 0.6) is 0 Å². The number of aliphatic carboxylic acids is 1. The summed E-state index contributed by atoms with van der Waals surface area (Å²) in [5.41, 5.74) is 4.52. The van der Waals surface area contributed by atoms with Gasteiger partial charge in [0.15, 0.2) is 0 Å². The maximum Gasteiger partial charge on any atom is 0.407 e. The van der Waals surface area contributed by atoms with Crippen molar-refractivity contribution in [1.82, 2.24) is 5.32 Å². The van der Waals surface area contributed by atoms with Gasteiger partial charge in [0.05, 0.1) is 17.5 Å². The largest absolute Gasteiger partial charge is 0.481 e. The molecule has 1 aromatic heterocycles. The van der Waals surface area contributed by atoms with E-state index in [1.54, 1.807) is 11.4 Å². The quantitative estimate of drug-likeness (QED) is 0.548. The van der Waals surface area contributed by atoms with Gasteiger partial charge in [0.1, 0.15) is 6.61 Å². The van der Waals surface area contributed by atoms with E-state index < -0.39 is 18.1 Å². The number of halogens is 1. The first-order chi connectivity index (χ1) is 14.0. The predicted molar refractivity (Wildman–Crippen MR) is 113 cm³/mol. The van der Waals surface area contributed by atoms with Gasteiger partial charge in [0.25, 0.3) is 0 Å². The van der Waals surface area contributed by atoms with Gasteiger partial charge in [-0.2, -0.15) is 0 Å². The minimum Gasteiger partial charge on any atom is -0.481 e. The van der Waals surface area contributed by atoms with Gasteiger partial charge < -0.3 is 15.2 Å². The molecule has 3 aromatic rings. The van der Waals surface area contributed by atoms with Crippen molar-refractivity contribution in [3.05, 3.63) is 81.0 Å². The first-order valence-electron chi connectivity index (χ1n) is 9.10. The molecule has 4 rings (SSSR count). The van der Waals surface area contributed by atoms with Crippen LogP contribution in [-0.4, -0.2) is 23.8 Å². The van der Waals surface area contributed by atoms with Crippen molar-refractivity contribution >= 4 is 35.0 Å². The summed E-state index contributed by atoms with van der Waals surface area (Å²) in [7, 11) is 0. The monoisotopic (exact) mass is 427 g/mol. The molecule has 5 nitrogen and oxygen atoms in total. The Balaban J connectivity index is 1.48. The fourth-order valence-corrected chi connectivity index (χ4v) is 4.96. The summed E-state index contributed by atoms with van der Waals surface area (Å²) in [6.07, 6.45) is -0.938. The molecule has 148 valence electrons. The Morgan fingerprint density at radius 1 is 1.07 bits per heavy atom. The third kappa shape index (κ3) is 3.99. The van der Waals surface area contributed by atoms with Crippen LogP contribution in [0.1, 0.15) is 34.4 Å². The molecule has 1 atom stereocenters. The van der Waals surface area contributed by atoms with Crippen molar-refractivity contribution in [2.45, 2.75) is 18.4 Å². The van der Waals surface area contributed by atoms with Crippen molar-refractivity contribution in [2.24, 2.45) is 0 Å². The lowest BCUT2D eigenvalue weighted by Gasteiger charge is -2.18. The van der Waals surface area contributed by atoms with E-state index in [0.717, 1.165) is 22.3 Å². The highest BCUT2D eigenvalue weighted by molar-refractivity contribution is 7.10. The Hall–Kier alpha value is -2.83. The third-order valence-corrected chi connectivity index (χ3v) is 6.45. The number of thiophene rings is 1. The fraction of sp³-hybridized carbons (Fsp3) is 0.182. The number of rotatable bonds is 6. The van der Waals surface area contributed by atoms with Gasteiger partial charge in [0.2, 0.25) is 0 Å². The Morgan fingerprint density at radius 2 is 1.69 bits per heavy atom. The van der Waals surface area contributed by atoms with Gasteiger partial charge in [-0.1, -0.05) is 60.1 Å². The summed E-state index contributed by atoms with van der Waals surface area (Å²) in [6.45, 7) is 0.165. The first kappa shape index (κ1) is 19.5. The number of amides is 1. The molecule has 0 saturated heterocycles. The zero-order valence-corrected chi connectivity index (χ0v) is 16.9. The van der Waals surface area contributed by atoms with E-state index in [-0.39, 0.29) is 18.9 Å². The van der Waals surface area contributed by atoms with Gasteiger partial charge in [-0.25, -0.2) is 4.79 Å². The molecule has 0 fully saturated rings. The fourth-order valence-electron chi connectivity index (χ4n) is 3.72. The lowest BCUT2D eigenvalue weighted by molar-refractivity contribution is -0.137. The van der Waals surface area contributed by atoms with Gasteiger partial charge >= 0.3 is 12.1 Å². The smallest absolute Gasteiger partial charge is 0.407 e. The molecule has 0 unspecified atom stereocenters. The summed E-state index contributed by atoms with van der Waals surface area (Å²) < 4.78 is 5.51. The molecular formula is C22H18ClNO4S. The van der Waals surface area contributed by atoms with Crippen LogP contribution in [0.25, 0.3) is 11.1 Å². The van der Waals surface area contributed by atoms with Crippen molar-refractivity contribution in [3.8, 4) is 11.1 Å². The van der Waals surface area contributed by atoms with Crippen LogP contribution in [0.3, 0.4) is 0 Å². The van der Waals surface area contributed by atoms with Crippen molar-refractivity contribution in [2.75, 3.05) is 6.61 Å². The number of carboxylic acid groups (broad SMARTS) is 1. The van der Waals surface area contributed by atoms with Crippen LogP contribution in [0.2, 0.25) is 5.02 Å². The van der Waals surface area contributed by atoms with Gasteiger partial charge in [-0.05, 0) is 33.7 Å². The van der Waals surface area contributed by atoms with Crippen LogP contribution >= 0.6 is 22.9 Å². The van der Waals surface area contributed by atoms with E-state index in [1.807, 2.05) is 36.4 Å². The molecule has 0 saturated carbocycles. The minimum absolute atomic E-state index is 0.0589. The number of fused-ring (bicyclic) bond motifs is 3. The zero-order valence-electron chi connectivity index (χ0n) is 15.3. The lowest BCUT2D eigenvalue weighted by Crippen LogP contribution is -2.31. The number of carbonyl (C=O) groups is 2. The number of ether oxygens (including phenoxy) is 1. The Morgan fingerprint density at radius 3 is 2.24 bits per heavy atom. The Labute approximate surface area is 176 Å². The molecule has 0 spiro atoms. The highest BCUT2D eigenvalue weighted by Gasteiger charge is 2.29. The highest BCUT2D eigenvalue weighted by Crippen LogP contribution is 2.44. The lowest BCUT2D eigenvalue weighted by atomic mass is 9.98. The van der Waals surface area contributed by atoms with Crippen molar-refractivity contribution in [1.29, 1.82) is 0 Å². The van der Waals surface area contributed by atoms with Crippen molar-refractivity contribution in [3.63, 3.8) is 0 Å². The molecule has 7 heteroatoms. The second-order valence-electron chi connectivity index (χ2n) is 6.75. The van der Waals surface area contributed by atoms with Crippen LogP contribution < -0.4 is 5.32 Å². The molecule has 0 radical (unpaired) electrons. The zero-order chi connectivity index (χ0) is 20.4. The SMILES string of the molecule is O=C(O)C[C@H](NC(=O)OCC1c2ccccc2-c2ccccc21)c1sccc1Cl. The average Bonchev–Trinajstić information content (AvgIpc) is 3.27. The minimum atomic E-state index is -1.03. The second-order valence-corrected chi connectivity index (χ2v) is 8.11. The van der Waals surface area contributed by atoms with E-state index >= 15 is 0 Å². The molecule has 1 aliphatic rings. The standard InChI is InChI=1S/C22H18ClNO4S/c23-18-9-10-29-21(18)19(11-20(25)26)24-22(27)28-12-17-15-7-3-1-5-13(15)14-6-2-4-8-16(14)17/h1-10,17,19H,11-12H2,(H,24,27)(H,25,26)/t19-/m0/s1. The number of carboxylic acids is 1. The van der Waals surface area contributed by atoms with Gasteiger partial charge in [0, 0.05) is 10.8 Å². The van der Waals surface area contributed by atoms with E-state index in [9.17, 15) is 14.7 Å². The number of alkyl carbamates (subject to hydrolysis) is 1. The van der Waals surface area contributed by atoms with E-state index in [0.29, 0.717) is 9.90 Å². The molecule has 0 aliphatic heterocycles. The molecule has 29 heavy (non-hydrogen) atoms. The third-order valence-electron chi connectivity index (χ3n) is 4.98. The summed E-state index contributed by atoms with van der Waals surface area (Å²) in [5.74, 6) is -1.09.